The number of amides is 2. The van der Waals surface area contributed by atoms with Gasteiger partial charge in [0.05, 0.1) is 12.8 Å². The minimum Gasteiger partial charge on any atom is -0.495 e. The molecule has 0 atom stereocenters. The van der Waals surface area contributed by atoms with Gasteiger partial charge in [0, 0.05) is 51.8 Å². The van der Waals surface area contributed by atoms with E-state index in [-0.39, 0.29) is 11.8 Å². The van der Waals surface area contributed by atoms with Gasteiger partial charge in [0.1, 0.15) is 5.75 Å². The van der Waals surface area contributed by atoms with Gasteiger partial charge in [-0.25, -0.2) is 0 Å². The molecule has 29 heavy (non-hydrogen) atoms. The molecule has 0 radical (unpaired) electrons. The van der Waals surface area contributed by atoms with Gasteiger partial charge in [-0.1, -0.05) is 24.3 Å². The Bertz CT molecular complexity index is 860. The Balaban J connectivity index is 1.57. The number of aryl methyl sites for hydroxylation is 1. The highest BCUT2D eigenvalue weighted by Gasteiger charge is 2.23. The molecule has 0 spiro atoms. The first kappa shape index (κ1) is 20.7. The second-order valence-electron chi connectivity index (χ2n) is 7.30. The third kappa shape index (κ3) is 5.08. The van der Waals surface area contributed by atoms with E-state index < -0.39 is 0 Å². The van der Waals surface area contributed by atoms with E-state index in [9.17, 15) is 9.59 Å². The molecule has 1 fully saturated rings. The molecule has 154 valence electrons. The number of benzene rings is 2. The molecule has 2 amide bonds. The van der Waals surface area contributed by atoms with Crippen molar-refractivity contribution in [1.82, 2.24) is 4.90 Å². The lowest BCUT2D eigenvalue weighted by Gasteiger charge is -2.36. The van der Waals surface area contributed by atoms with Crippen LogP contribution in [-0.2, 0) is 9.59 Å². The van der Waals surface area contributed by atoms with E-state index in [1.165, 1.54) is 18.2 Å². The number of ether oxygens (including phenoxy) is 1. The fraction of sp³-hybridized carbons (Fsp3) is 0.391. The number of anilines is 2. The van der Waals surface area contributed by atoms with Crippen LogP contribution in [0.1, 0.15) is 18.9 Å². The molecule has 0 unspecified atom stereocenters. The van der Waals surface area contributed by atoms with Crippen molar-refractivity contribution >= 4 is 23.2 Å². The van der Waals surface area contributed by atoms with Crippen LogP contribution in [-0.4, -0.2) is 56.5 Å². The van der Waals surface area contributed by atoms with Gasteiger partial charge in [-0.15, -0.1) is 0 Å². The lowest BCUT2D eigenvalue weighted by atomic mass is 10.2. The number of carbonyl (C=O) groups excluding carboxylic acids is 2. The molecule has 0 saturated carbocycles. The third-order valence-corrected chi connectivity index (χ3v) is 5.30. The predicted molar refractivity (Wildman–Crippen MR) is 116 cm³/mol. The second kappa shape index (κ2) is 9.45. The average Bonchev–Trinajstić information content (AvgIpc) is 2.74. The number of piperazine rings is 1. The predicted octanol–water partition coefficient (Wildman–Crippen LogP) is 3.10. The molecule has 6 nitrogen and oxygen atoms in total. The van der Waals surface area contributed by atoms with Gasteiger partial charge in [0.15, 0.2) is 0 Å². The highest BCUT2D eigenvalue weighted by molar-refractivity contribution is 5.93. The molecule has 6 heteroatoms. The Hall–Kier alpha value is -3.02. The largest absolute Gasteiger partial charge is 0.495 e. The second-order valence-corrected chi connectivity index (χ2v) is 7.30. The van der Waals surface area contributed by atoms with E-state index in [2.05, 4.69) is 36.1 Å². The zero-order chi connectivity index (χ0) is 20.8. The maximum Gasteiger partial charge on any atom is 0.224 e. The van der Waals surface area contributed by atoms with Crippen molar-refractivity contribution in [3.05, 3.63) is 54.1 Å². The molecule has 1 heterocycles. The smallest absolute Gasteiger partial charge is 0.224 e. The SMILES string of the molecule is COc1ccccc1N(CCC(=O)N1CCN(c2cccc(C)c2)CC1)C(C)=O. The van der Waals surface area contributed by atoms with Gasteiger partial charge < -0.3 is 19.4 Å². The van der Waals surface area contributed by atoms with E-state index in [4.69, 9.17) is 4.74 Å². The quantitative estimate of drug-likeness (QED) is 0.754. The van der Waals surface area contributed by atoms with Crippen LogP contribution in [0.25, 0.3) is 0 Å². The molecule has 2 aromatic rings. The molecule has 1 aliphatic heterocycles. The van der Waals surface area contributed by atoms with Gasteiger partial charge in [0.2, 0.25) is 11.8 Å². The number of hydrogen-bond donors (Lipinski definition) is 0. The first-order chi connectivity index (χ1) is 14.0. The first-order valence-corrected chi connectivity index (χ1v) is 10.00. The van der Waals surface area contributed by atoms with E-state index in [1.807, 2.05) is 29.2 Å². The summed E-state index contributed by atoms with van der Waals surface area (Å²) in [7, 11) is 1.58. The molecule has 0 bridgehead atoms. The van der Waals surface area contributed by atoms with Gasteiger partial charge in [-0.05, 0) is 36.8 Å². The monoisotopic (exact) mass is 395 g/mol. The van der Waals surface area contributed by atoms with Crippen molar-refractivity contribution in [2.45, 2.75) is 20.3 Å². The molecule has 1 aliphatic rings. The van der Waals surface area contributed by atoms with Crippen LogP contribution < -0.4 is 14.5 Å². The first-order valence-electron chi connectivity index (χ1n) is 10.00. The number of rotatable bonds is 6. The molecule has 0 N–H and O–H groups in total. The number of methoxy groups -OCH3 is 1. The Morgan fingerprint density at radius 1 is 1.03 bits per heavy atom. The Morgan fingerprint density at radius 2 is 1.76 bits per heavy atom. The molecule has 0 aromatic heterocycles. The summed E-state index contributed by atoms with van der Waals surface area (Å²) >= 11 is 0. The standard InChI is InChI=1S/C23H29N3O3/c1-18-7-6-8-20(17-18)24-13-15-25(16-14-24)23(28)11-12-26(19(2)27)21-9-4-5-10-22(21)29-3/h4-10,17H,11-16H2,1-3H3. The van der Waals surface area contributed by atoms with Crippen LogP contribution in [0, 0.1) is 6.92 Å². The summed E-state index contributed by atoms with van der Waals surface area (Å²) in [5.41, 5.74) is 3.14. The van der Waals surface area contributed by atoms with Crippen LogP contribution in [0.4, 0.5) is 11.4 Å². The van der Waals surface area contributed by atoms with Crippen LogP contribution in [0.15, 0.2) is 48.5 Å². The maximum absolute atomic E-state index is 12.7. The summed E-state index contributed by atoms with van der Waals surface area (Å²) in [6.45, 7) is 6.97. The van der Waals surface area contributed by atoms with E-state index >= 15 is 0 Å². The zero-order valence-corrected chi connectivity index (χ0v) is 17.4. The minimum atomic E-state index is -0.105. The zero-order valence-electron chi connectivity index (χ0n) is 17.4. The average molecular weight is 396 g/mol. The van der Waals surface area contributed by atoms with Crippen molar-refractivity contribution in [3.8, 4) is 5.75 Å². The number of nitrogens with zero attached hydrogens (tertiary/aromatic N) is 3. The number of carbonyl (C=O) groups is 2. The van der Waals surface area contributed by atoms with E-state index in [0.29, 0.717) is 37.5 Å². The summed E-state index contributed by atoms with van der Waals surface area (Å²) in [4.78, 5) is 30.7. The Morgan fingerprint density at radius 3 is 2.41 bits per heavy atom. The van der Waals surface area contributed by atoms with Crippen molar-refractivity contribution < 1.29 is 14.3 Å². The molecule has 3 rings (SSSR count). The van der Waals surface area contributed by atoms with Crippen LogP contribution in [0.3, 0.4) is 0 Å². The van der Waals surface area contributed by atoms with Crippen LogP contribution >= 0.6 is 0 Å². The lowest BCUT2D eigenvalue weighted by Crippen LogP contribution is -2.49. The summed E-state index contributed by atoms with van der Waals surface area (Å²) in [5, 5.41) is 0. The van der Waals surface area contributed by atoms with Crippen molar-refractivity contribution in [2.75, 3.05) is 49.6 Å². The number of para-hydroxylation sites is 2. The fourth-order valence-electron chi connectivity index (χ4n) is 3.70. The van der Waals surface area contributed by atoms with Gasteiger partial charge in [-0.3, -0.25) is 9.59 Å². The van der Waals surface area contributed by atoms with Crippen molar-refractivity contribution in [3.63, 3.8) is 0 Å². The summed E-state index contributed by atoms with van der Waals surface area (Å²) in [5.74, 6) is 0.600. The van der Waals surface area contributed by atoms with Crippen LogP contribution in [0.5, 0.6) is 5.75 Å². The minimum absolute atomic E-state index is 0.0787. The van der Waals surface area contributed by atoms with E-state index in [1.54, 1.807) is 12.0 Å². The molecular formula is C23H29N3O3. The summed E-state index contributed by atoms with van der Waals surface area (Å²) < 4.78 is 5.37. The van der Waals surface area contributed by atoms with Gasteiger partial charge in [0.25, 0.3) is 0 Å². The topological polar surface area (TPSA) is 53.1 Å². The molecule has 1 saturated heterocycles. The third-order valence-electron chi connectivity index (χ3n) is 5.30. The van der Waals surface area contributed by atoms with Crippen LogP contribution in [0.2, 0.25) is 0 Å². The summed E-state index contributed by atoms with van der Waals surface area (Å²) in [6.07, 6.45) is 0.294. The molecule has 2 aromatic carbocycles. The summed E-state index contributed by atoms with van der Waals surface area (Å²) in [6, 6.07) is 15.8. The normalized spacial score (nSPS) is 13.9. The Kier molecular flexibility index (Phi) is 6.75. The van der Waals surface area contributed by atoms with Gasteiger partial charge in [-0.2, -0.15) is 0 Å². The lowest BCUT2D eigenvalue weighted by molar-refractivity contribution is -0.131. The fourth-order valence-corrected chi connectivity index (χ4v) is 3.70. The highest BCUT2D eigenvalue weighted by Crippen LogP contribution is 2.28. The van der Waals surface area contributed by atoms with Crippen molar-refractivity contribution in [1.29, 1.82) is 0 Å². The highest BCUT2D eigenvalue weighted by atomic mass is 16.5. The van der Waals surface area contributed by atoms with Gasteiger partial charge >= 0.3 is 0 Å². The maximum atomic E-state index is 12.7. The Labute approximate surface area is 172 Å². The van der Waals surface area contributed by atoms with Crippen molar-refractivity contribution in [2.24, 2.45) is 0 Å². The number of hydrogen-bond acceptors (Lipinski definition) is 4. The molecular weight excluding hydrogens is 366 g/mol. The molecule has 0 aliphatic carbocycles. The van der Waals surface area contributed by atoms with E-state index in [0.717, 1.165) is 13.1 Å².